The Balaban J connectivity index is 2.32. The first-order valence-electron chi connectivity index (χ1n) is 5.51. The van der Waals surface area contributed by atoms with Gasteiger partial charge in [0.25, 0.3) is 0 Å². The number of aromatic nitrogens is 2. The number of hydrogen-bond acceptors (Lipinski definition) is 2. The van der Waals surface area contributed by atoms with Crippen LogP contribution < -0.4 is 5.32 Å². The summed E-state index contributed by atoms with van der Waals surface area (Å²) >= 11 is 0. The fourth-order valence-electron chi connectivity index (χ4n) is 1.56. The molecular weight excluding hydrogens is 202 g/mol. The van der Waals surface area contributed by atoms with E-state index in [2.05, 4.69) is 22.2 Å². The van der Waals surface area contributed by atoms with Crippen LogP contribution in [0.2, 0.25) is 0 Å². The lowest BCUT2D eigenvalue weighted by Crippen LogP contribution is -2.09. The molecule has 16 heavy (non-hydrogen) atoms. The highest BCUT2D eigenvalue weighted by atomic mass is 16.1. The molecule has 1 aromatic carbocycles. The van der Waals surface area contributed by atoms with E-state index in [4.69, 9.17) is 0 Å². The molecule has 0 aliphatic carbocycles. The molecule has 0 bridgehead atoms. The molecule has 0 radical (unpaired) electrons. The predicted molar refractivity (Wildman–Crippen MR) is 64.4 cm³/mol. The monoisotopic (exact) mass is 217 g/mol. The molecule has 0 aliphatic rings. The normalized spacial score (nSPS) is 10.6. The first kappa shape index (κ1) is 10.7. The van der Waals surface area contributed by atoms with Gasteiger partial charge in [-0.2, -0.15) is 0 Å². The lowest BCUT2D eigenvalue weighted by Gasteiger charge is -2.02. The molecule has 2 N–H and O–H groups in total. The van der Waals surface area contributed by atoms with E-state index >= 15 is 0 Å². The minimum absolute atomic E-state index is 0.0228. The third-order valence-corrected chi connectivity index (χ3v) is 2.47. The van der Waals surface area contributed by atoms with Crippen LogP contribution in [0.3, 0.4) is 0 Å². The number of rotatable bonds is 3. The summed E-state index contributed by atoms with van der Waals surface area (Å²) in [6.45, 7) is 3.89. The van der Waals surface area contributed by atoms with E-state index in [-0.39, 0.29) is 5.91 Å². The molecular formula is C12H15N3O. The number of aromatic amines is 1. The molecule has 4 heteroatoms. The van der Waals surface area contributed by atoms with Crippen molar-refractivity contribution in [2.75, 3.05) is 5.32 Å². The average molecular weight is 217 g/mol. The van der Waals surface area contributed by atoms with Crippen LogP contribution in [0.25, 0.3) is 11.0 Å². The zero-order valence-corrected chi connectivity index (χ0v) is 9.50. The topological polar surface area (TPSA) is 57.8 Å². The summed E-state index contributed by atoms with van der Waals surface area (Å²) < 4.78 is 0. The molecule has 0 saturated carbocycles. The summed E-state index contributed by atoms with van der Waals surface area (Å²) in [5.74, 6) is 0.989. The van der Waals surface area contributed by atoms with Gasteiger partial charge in [0.05, 0.1) is 11.0 Å². The molecule has 0 saturated heterocycles. The van der Waals surface area contributed by atoms with Gasteiger partial charge in [0.1, 0.15) is 5.82 Å². The van der Waals surface area contributed by atoms with Crippen LogP contribution in [-0.4, -0.2) is 15.9 Å². The van der Waals surface area contributed by atoms with Crippen molar-refractivity contribution in [2.24, 2.45) is 0 Å². The smallest absolute Gasteiger partial charge is 0.224 e. The van der Waals surface area contributed by atoms with Crippen LogP contribution in [0.15, 0.2) is 18.2 Å². The largest absolute Gasteiger partial charge is 0.342 e. The van der Waals surface area contributed by atoms with E-state index in [0.29, 0.717) is 6.42 Å². The zero-order chi connectivity index (χ0) is 11.5. The van der Waals surface area contributed by atoms with Crippen LogP contribution in [0, 0.1) is 0 Å². The molecule has 1 amide bonds. The number of imidazole rings is 1. The maximum absolute atomic E-state index is 11.2. The maximum Gasteiger partial charge on any atom is 0.224 e. The second kappa shape index (κ2) is 4.35. The quantitative estimate of drug-likeness (QED) is 0.829. The van der Waals surface area contributed by atoms with Gasteiger partial charge in [-0.3, -0.25) is 4.79 Å². The van der Waals surface area contributed by atoms with Gasteiger partial charge < -0.3 is 10.3 Å². The molecule has 0 aliphatic heterocycles. The lowest BCUT2D eigenvalue weighted by atomic mass is 10.2. The SMILES string of the molecule is CCC(=O)Nc1ccc2nc(CC)[nH]c2c1. The third kappa shape index (κ3) is 2.05. The number of benzene rings is 1. The molecule has 2 rings (SSSR count). The predicted octanol–water partition coefficient (Wildman–Crippen LogP) is 2.47. The lowest BCUT2D eigenvalue weighted by molar-refractivity contribution is -0.115. The Hall–Kier alpha value is -1.84. The van der Waals surface area contributed by atoms with Crippen molar-refractivity contribution < 1.29 is 4.79 Å². The van der Waals surface area contributed by atoms with Gasteiger partial charge in [0.15, 0.2) is 0 Å². The summed E-state index contributed by atoms with van der Waals surface area (Å²) in [4.78, 5) is 18.9. The Morgan fingerprint density at radius 2 is 2.25 bits per heavy atom. The van der Waals surface area contributed by atoms with Gasteiger partial charge >= 0.3 is 0 Å². The summed E-state index contributed by atoms with van der Waals surface area (Å²) in [5, 5.41) is 2.82. The fourth-order valence-corrected chi connectivity index (χ4v) is 1.56. The fraction of sp³-hybridized carbons (Fsp3) is 0.333. The number of nitrogens with zero attached hydrogens (tertiary/aromatic N) is 1. The Kier molecular flexibility index (Phi) is 2.90. The highest BCUT2D eigenvalue weighted by Crippen LogP contribution is 2.17. The number of fused-ring (bicyclic) bond motifs is 1. The van der Waals surface area contributed by atoms with E-state index in [1.165, 1.54) is 0 Å². The Morgan fingerprint density at radius 3 is 2.94 bits per heavy atom. The molecule has 4 nitrogen and oxygen atoms in total. The van der Waals surface area contributed by atoms with E-state index < -0.39 is 0 Å². The first-order chi connectivity index (χ1) is 7.72. The molecule has 0 spiro atoms. The van der Waals surface area contributed by atoms with Crippen molar-refractivity contribution in [1.29, 1.82) is 0 Å². The number of anilines is 1. The number of hydrogen-bond donors (Lipinski definition) is 2. The second-order valence-electron chi connectivity index (χ2n) is 3.67. The van der Waals surface area contributed by atoms with Crippen molar-refractivity contribution in [3.05, 3.63) is 24.0 Å². The van der Waals surface area contributed by atoms with Gasteiger partial charge in [-0.25, -0.2) is 4.98 Å². The van der Waals surface area contributed by atoms with Gasteiger partial charge in [-0.1, -0.05) is 13.8 Å². The number of aryl methyl sites for hydroxylation is 1. The van der Waals surface area contributed by atoms with Gasteiger partial charge in [0, 0.05) is 18.5 Å². The van der Waals surface area contributed by atoms with Gasteiger partial charge in [-0.05, 0) is 18.2 Å². The molecule has 0 unspecified atom stereocenters. The van der Waals surface area contributed by atoms with Gasteiger partial charge in [-0.15, -0.1) is 0 Å². The average Bonchev–Trinajstić information content (AvgIpc) is 2.71. The molecule has 1 aromatic heterocycles. The van der Waals surface area contributed by atoms with Crippen molar-refractivity contribution in [2.45, 2.75) is 26.7 Å². The van der Waals surface area contributed by atoms with Crippen molar-refractivity contribution in [1.82, 2.24) is 9.97 Å². The van der Waals surface area contributed by atoms with Crippen LogP contribution in [0.5, 0.6) is 0 Å². The molecule has 84 valence electrons. The molecule has 2 aromatic rings. The Morgan fingerprint density at radius 1 is 1.44 bits per heavy atom. The molecule has 0 atom stereocenters. The second-order valence-corrected chi connectivity index (χ2v) is 3.67. The summed E-state index contributed by atoms with van der Waals surface area (Å²) in [5.41, 5.74) is 2.71. The minimum atomic E-state index is 0.0228. The number of carbonyl (C=O) groups is 1. The highest BCUT2D eigenvalue weighted by Gasteiger charge is 2.03. The van der Waals surface area contributed by atoms with Crippen LogP contribution in [-0.2, 0) is 11.2 Å². The summed E-state index contributed by atoms with van der Waals surface area (Å²) in [7, 11) is 0. The summed E-state index contributed by atoms with van der Waals surface area (Å²) in [6.07, 6.45) is 1.37. The van der Waals surface area contributed by atoms with Crippen LogP contribution in [0.1, 0.15) is 26.1 Å². The highest BCUT2D eigenvalue weighted by molar-refractivity contribution is 5.92. The van der Waals surface area contributed by atoms with E-state index in [1.807, 2.05) is 25.1 Å². The minimum Gasteiger partial charge on any atom is -0.342 e. The van der Waals surface area contributed by atoms with E-state index in [0.717, 1.165) is 29.0 Å². The number of H-pyrrole nitrogens is 1. The Bertz CT molecular complexity index is 516. The Labute approximate surface area is 94.1 Å². The van der Waals surface area contributed by atoms with Crippen LogP contribution in [0.4, 0.5) is 5.69 Å². The van der Waals surface area contributed by atoms with Crippen molar-refractivity contribution in [3.63, 3.8) is 0 Å². The molecule has 0 fully saturated rings. The number of carbonyl (C=O) groups excluding carboxylic acids is 1. The summed E-state index contributed by atoms with van der Waals surface area (Å²) in [6, 6.07) is 5.70. The first-order valence-corrected chi connectivity index (χ1v) is 5.51. The standard InChI is InChI=1S/C12H15N3O/c1-3-11-14-9-6-5-8(7-10(9)15-11)13-12(16)4-2/h5-7H,3-4H2,1-2H3,(H,13,16)(H,14,15). The number of amides is 1. The number of nitrogens with one attached hydrogen (secondary N) is 2. The van der Waals surface area contributed by atoms with E-state index in [1.54, 1.807) is 0 Å². The maximum atomic E-state index is 11.2. The molecule has 1 heterocycles. The van der Waals surface area contributed by atoms with E-state index in [9.17, 15) is 4.79 Å². The zero-order valence-electron chi connectivity index (χ0n) is 9.50. The van der Waals surface area contributed by atoms with Crippen molar-refractivity contribution >= 4 is 22.6 Å². The third-order valence-electron chi connectivity index (χ3n) is 2.47. The van der Waals surface area contributed by atoms with Crippen molar-refractivity contribution in [3.8, 4) is 0 Å². The van der Waals surface area contributed by atoms with Gasteiger partial charge in [0.2, 0.25) is 5.91 Å². The van der Waals surface area contributed by atoms with Crippen LogP contribution >= 0.6 is 0 Å².